The first-order valence-electron chi connectivity index (χ1n) is 9.96. The van der Waals surface area contributed by atoms with Crippen LogP contribution in [0, 0.1) is 5.92 Å². The van der Waals surface area contributed by atoms with Crippen LogP contribution in [0.5, 0.6) is 0 Å². The molecule has 1 aromatic heterocycles. The molecule has 0 aromatic carbocycles. The largest absolute Gasteiger partial charge is 0.369 e. The van der Waals surface area contributed by atoms with E-state index in [4.69, 9.17) is 17.3 Å². The van der Waals surface area contributed by atoms with Crippen molar-refractivity contribution in [3.8, 4) is 0 Å². The third-order valence-corrected chi connectivity index (χ3v) is 7.65. The number of nitrogens with one attached hydrogen (secondary N) is 1. The molecule has 0 bridgehead atoms. The molecule has 9 nitrogen and oxygen atoms in total. The Bertz CT molecular complexity index is 978. The molecule has 0 spiro atoms. The predicted molar refractivity (Wildman–Crippen MR) is 119 cm³/mol. The summed E-state index contributed by atoms with van der Waals surface area (Å²) >= 11 is 7.08. The summed E-state index contributed by atoms with van der Waals surface area (Å²) in [7, 11) is -3.85. The second kappa shape index (κ2) is 10.1. The summed E-state index contributed by atoms with van der Waals surface area (Å²) in [5, 5.41) is 1.00. The first kappa shape index (κ1) is 23.7. The molecule has 12 heteroatoms. The maximum Gasteiger partial charge on any atom is 0.242 e. The highest BCUT2D eigenvalue weighted by molar-refractivity contribution is 7.92. The zero-order chi connectivity index (χ0) is 22.6. The van der Waals surface area contributed by atoms with Gasteiger partial charge in [0.2, 0.25) is 27.7 Å². The first-order chi connectivity index (χ1) is 14.6. The molecule has 1 aromatic rings. The molecule has 2 aliphatic heterocycles. The number of likely N-dealkylation sites (tertiary alicyclic amines) is 2. The van der Waals surface area contributed by atoms with Gasteiger partial charge in [-0.2, -0.15) is 4.72 Å². The van der Waals surface area contributed by atoms with Gasteiger partial charge in [-0.25, -0.2) is 8.42 Å². The van der Waals surface area contributed by atoms with Crippen molar-refractivity contribution < 1.29 is 22.8 Å². The van der Waals surface area contributed by atoms with Crippen LogP contribution in [0.1, 0.15) is 30.6 Å². The summed E-state index contributed by atoms with van der Waals surface area (Å²) in [6, 6.07) is 2.43. The fourth-order valence-electron chi connectivity index (χ4n) is 3.72. The van der Waals surface area contributed by atoms with E-state index < -0.39 is 27.9 Å². The number of sulfonamides is 1. The van der Waals surface area contributed by atoms with Crippen molar-refractivity contribution >= 4 is 56.8 Å². The molecule has 3 amide bonds. The number of primary amides is 1. The molecule has 170 valence electrons. The van der Waals surface area contributed by atoms with Crippen molar-refractivity contribution in [3.05, 3.63) is 26.8 Å². The van der Waals surface area contributed by atoms with Crippen LogP contribution in [-0.2, 0) is 24.4 Å². The maximum atomic E-state index is 12.8. The monoisotopic (exact) mass is 488 g/mol. The van der Waals surface area contributed by atoms with E-state index in [1.54, 1.807) is 17.0 Å². The lowest BCUT2D eigenvalue weighted by molar-refractivity contribution is -0.144. The van der Waals surface area contributed by atoms with Gasteiger partial charge in [0.1, 0.15) is 6.04 Å². The molecule has 0 saturated carbocycles. The van der Waals surface area contributed by atoms with Crippen LogP contribution in [-0.4, -0.2) is 68.2 Å². The normalized spacial score (nSPS) is 22.8. The second-order valence-corrected chi connectivity index (χ2v) is 11.0. The fraction of sp³-hybridized carbons (Fsp3) is 0.526. The Morgan fingerprint density at radius 3 is 2.68 bits per heavy atom. The standard InChI is InChI=1S/C19H25ClN4O5S2/c20-16-6-5-14(30-16)7-10-31(28,29)22-15-4-2-9-24(19(15)27)12-17(25)23-8-1-3-13(11-23)18(21)26/h5-7,10,13,15,22H,1-4,8-9,11-12H2,(H2,21,26)/t13?,15-/m0/s1. The average molecular weight is 489 g/mol. The van der Waals surface area contributed by atoms with E-state index in [2.05, 4.69) is 4.72 Å². The Morgan fingerprint density at radius 2 is 2.00 bits per heavy atom. The molecule has 2 aliphatic rings. The zero-order valence-electron chi connectivity index (χ0n) is 16.8. The lowest BCUT2D eigenvalue weighted by atomic mass is 9.97. The van der Waals surface area contributed by atoms with E-state index in [1.165, 1.54) is 22.3 Å². The number of rotatable bonds is 7. The molecule has 2 fully saturated rings. The summed E-state index contributed by atoms with van der Waals surface area (Å²) in [6.07, 6.45) is 3.67. The highest BCUT2D eigenvalue weighted by Crippen LogP contribution is 2.23. The Kier molecular flexibility index (Phi) is 7.73. The van der Waals surface area contributed by atoms with Crippen molar-refractivity contribution in [1.82, 2.24) is 14.5 Å². The number of nitrogens with zero attached hydrogens (tertiary/aromatic N) is 2. The molecule has 31 heavy (non-hydrogen) atoms. The van der Waals surface area contributed by atoms with E-state index in [-0.39, 0.29) is 24.9 Å². The number of thiophene rings is 1. The van der Waals surface area contributed by atoms with Crippen molar-refractivity contribution in [2.75, 3.05) is 26.2 Å². The number of carbonyl (C=O) groups is 3. The molecule has 2 atom stereocenters. The summed E-state index contributed by atoms with van der Waals surface area (Å²) < 4.78 is 27.7. The van der Waals surface area contributed by atoms with Gasteiger partial charge in [0, 0.05) is 29.9 Å². The quantitative estimate of drug-likeness (QED) is 0.591. The minimum Gasteiger partial charge on any atom is -0.369 e. The van der Waals surface area contributed by atoms with Crippen LogP contribution in [0.15, 0.2) is 17.5 Å². The van der Waals surface area contributed by atoms with Gasteiger partial charge >= 0.3 is 0 Å². The first-order valence-corrected chi connectivity index (χ1v) is 12.7. The number of amides is 3. The molecule has 3 N–H and O–H groups in total. The summed E-state index contributed by atoms with van der Waals surface area (Å²) in [5.41, 5.74) is 5.36. The molecule has 0 radical (unpaired) electrons. The number of nitrogens with two attached hydrogens (primary N) is 1. The van der Waals surface area contributed by atoms with E-state index in [1.807, 2.05) is 0 Å². The van der Waals surface area contributed by atoms with E-state index >= 15 is 0 Å². The van der Waals surface area contributed by atoms with E-state index in [0.717, 1.165) is 5.41 Å². The molecule has 2 saturated heterocycles. The number of hydrogen-bond donors (Lipinski definition) is 2. The number of piperidine rings is 2. The van der Waals surface area contributed by atoms with Gasteiger partial charge in [-0.1, -0.05) is 11.6 Å². The van der Waals surface area contributed by atoms with Gasteiger partial charge in [-0.15, -0.1) is 11.3 Å². The highest BCUT2D eigenvalue weighted by Gasteiger charge is 2.34. The van der Waals surface area contributed by atoms with Gasteiger partial charge in [0.15, 0.2) is 0 Å². The van der Waals surface area contributed by atoms with Crippen molar-refractivity contribution in [3.63, 3.8) is 0 Å². The summed E-state index contributed by atoms with van der Waals surface area (Å²) in [5.74, 6) is -1.50. The Hall–Kier alpha value is -1.95. The lowest BCUT2D eigenvalue weighted by Crippen LogP contribution is -2.55. The minimum absolute atomic E-state index is 0.147. The third-order valence-electron chi connectivity index (χ3n) is 5.35. The van der Waals surface area contributed by atoms with Crippen LogP contribution < -0.4 is 10.5 Å². The van der Waals surface area contributed by atoms with Crippen LogP contribution in [0.4, 0.5) is 0 Å². The number of hydrogen-bond acceptors (Lipinski definition) is 6. The van der Waals surface area contributed by atoms with Gasteiger partial charge in [0.05, 0.1) is 16.8 Å². The van der Waals surface area contributed by atoms with E-state index in [9.17, 15) is 22.8 Å². The second-order valence-electron chi connectivity index (χ2n) is 7.64. The Balaban J connectivity index is 1.58. The molecule has 1 unspecified atom stereocenters. The summed E-state index contributed by atoms with van der Waals surface area (Å²) in [4.78, 5) is 40.5. The fourth-order valence-corrected chi connectivity index (χ4v) is 5.79. The molecule has 3 heterocycles. The Morgan fingerprint density at radius 1 is 1.26 bits per heavy atom. The lowest BCUT2D eigenvalue weighted by Gasteiger charge is -2.35. The van der Waals surface area contributed by atoms with Crippen molar-refractivity contribution in [2.24, 2.45) is 11.7 Å². The van der Waals surface area contributed by atoms with Crippen molar-refractivity contribution in [2.45, 2.75) is 31.7 Å². The van der Waals surface area contributed by atoms with Gasteiger partial charge in [-0.05, 0) is 43.9 Å². The predicted octanol–water partition coefficient (Wildman–Crippen LogP) is 1.01. The molecule has 0 aliphatic carbocycles. The number of halogens is 1. The average Bonchev–Trinajstić information content (AvgIpc) is 3.15. The van der Waals surface area contributed by atoms with Crippen LogP contribution in [0.3, 0.4) is 0 Å². The van der Waals surface area contributed by atoms with E-state index in [0.29, 0.717) is 48.0 Å². The topological polar surface area (TPSA) is 130 Å². The van der Waals surface area contributed by atoms with Gasteiger partial charge in [0.25, 0.3) is 0 Å². The van der Waals surface area contributed by atoms with Gasteiger partial charge < -0.3 is 15.5 Å². The van der Waals surface area contributed by atoms with Gasteiger partial charge in [-0.3, -0.25) is 14.4 Å². The van der Waals surface area contributed by atoms with Crippen LogP contribution in [0.25, 0.3) is 6.08 Å². The minimum atomic E-state index is -3.85. The smallest absolute Gasteiger partial charge is 0.242 e. The number of carbonyl (C=O) groups excluding carboxylic acids is 3. The Labute approximate surface area is 190 Å². The highest BCUT2D eigenvalue weighted by atomic mass is 35.5. The molecular weight excluding hydrogens is 464 g/mol. The zero-order valence-corrected chi connectivity index (χ0v) is 19.2. The van der Waals surface area contributed by atoms with Crippen molar-refractivity contribution in [1.29, 1.82) is 0 Å². The maximum absolute atomic E-state index is 12.8. The molecular formula is C19H25ClN4O5S2. The van der Waals surface area contributed by atoms with Crippen LogP contribution >= 0.6 is 22.9 Å². The molecule has 3 rings (SSSR count). The summed E-state index contributed by atoms with van der Waals surface area (Å²) in [6.45, 7) is 0.994. The van der Waals surface area contributed by atoms with Crippen LogP contribution in [0.2, 0.25) is 4.34 Å². The SMILES string of the molecule is NC(=O)C1CCCN(C(=O)CN2CCC[C@H](NS(=O)(=O)C=Cc3ccc(Cl)s3)C2=O)C1. The third kappa shape index (κ3) is 6.52.